The van der Waals surface area contributed by atoms with E-state index >= 15 is 0 Å². The first kappa shape index (κ1) is 20.3. The van der Waals surface area contributed by atoms with Gasteiger partial charge in [-0.3, -0.25) is 9.59 Å². The number of carbonyl (C=O) groups excluding carboxylic acids is 2. The molecule has 1 saturated heterocycles. The van der Waals surface area contributed by atoms with E-state index < -0.39 is 0 Å². The van der Waals surface area contributed by atoms with Gasteiger partial charge in [-0.2, -0.15) is 0 Å². The number of ether oxygens (including phenoxy) is 1. The Labute approximate surface area is 157 Å². The van der Waals surface area contributed by atoms with Crippen molar-refractivity contribution in [1.82, 2.24) is 10.2 Å². The predicted molar refractivity (Wildman–Crippen MR) is 103 cm³/mol. The van der Waals surface area contributed by atoms with Gasteiger partial charge in [-0.05, 0) is 36.0 Å². The molecule has 1 atom stereocenters. The minimum Gasteiger partial charge on any atom is -0.497 e. The normalized spacial score (nSPS) is 18.2. The van der Waals surface area contributed by atoms with Gasteiger partial charge in [0.05, 0.1) is 19.7 Å². The van der Waals surface area contributed by atoms with Gasteiger partial charge in [0.25, 0.3) is 0 Å². The number of nitrogens with zero attached hydrogens (tertiary/aromatic N) is 1. The van der Waals surface area contributed by atoms with Gasteiger partial charge >= 0.3 is 0 Å². The van der Waals surface area contributed by atoms with Crippen LogP contribution in [0.25, 0.3) is 0 Å². The number of carbonyl (C=O) groups is 2. The topological polar surface area (TPSA) is 58.6 Å². The Balaban J connectivity index is 2.04. The van der Waals surface area contributed by atoms with Crippen LogP contribution in [0.15, 0.2) is 24.3 Å². The summed E-state index contributed by atoms with van der Waals surface area (Å²) in [6.45, 7) is 6.86. The number of hydrogen-bond donors (Lipinski definition) is 1. The maximum absolute atomic E-state index is 12.8. The monoisotopic (exact) mass is 360 g/mol. The Morgan fingerprint density at radius 1 is 1.15 bits per heavy atom. The molecule has 2 rings (SSSR count). The standard InChI is InChI=1S/C21H32N2O3/c1-21(2,3)14-19(24)22-15-20(25)23-13-7-5-6-8-18(23)16-9-11-17(26-4)12-10-16/h9-12,18H,5-8,13-15H2,1-4H3,(H,22,24). The van der Waals surface area contributed by atoms with E-state index in [1.807, 2.05) is 49.9 Å². The number of benzene rings is 1. The van der Waals surface area contributed by atoms with Crippen molar-refractivity contribution >= 4 is 11.8 Å². The molecule has 0 spiro atoms. The van der Waals surface area contributed by atoms with Crippen LogP contribution >= 0.6 is 0 Å². The Hall–Kier alpha value is -2.04. The minimum absolute atomic E-state index is 0.00465. The summed E-state index contributed by atoms with van der Waals surface area (Å²) in [6, 6.07) is 8.01. The first-order valence-corrected chi connectivity index (χ1v) is 9.50. The number of likely N-dealkylation sites (tertiary alicyclic amines) is 1. The fourth-order valence-electron chi connectivity index (χ4n) is 3.40. The van der Waals surface area contributed by atoms with Gasteiger partial charge in [-0.15, -0.1) is 0 Å². The fourth-order valence-corrected chi connectivity index (χ4v) is 3.40. The van der Waals surface area contributed by atoms with E-state index in [0.29, 0.717) is 6.42 Å². The van der Waals surface area contributed by atoms with Crippen molar-refractivity contribution in [1.29, 1.82) is 0 Å². The highest BCUT2D eigenvalue weighted by Gasteiger charge is 2.27. The molecule has 2 amide bonds. The average Bonchev–Trinajstić information content (AvgIpc) is 2.84. The van der Waals surface area contributed by atoms with Gasteiger partial charge in [-0.1, -0.05) is 45.7 Å². The molecule has 5 nitrogen and oxygen atoms in total. The number of rotatable bonds is 5. The largest absolute Gasteiger partial charge is 0.497 e. The van der Waals surface area contributed by atoms with Gasteiger partial charge in [0, 0.05) is 13.0 Å². The SMILES string of the molecule is COc1ccc(C2CCCCCN2C(=O)CNC(=O)CC(C)(C)C)cc1. The lowest BCUT2D eigenvalue weighted by atomic mass is 9.92. The van der Waals surface area contributed by atoms with Crippen LogP contribution < -0.4 is 10.1 Å². The van der Waals surface area contributed by atoms with E-state index in [1.54, 1.807) is 7.11 Å². The molecule has 1 unspecified atom stereocenters. The summed E-state index contributed by atoms with van der Waals surface area (Å²) in [4.78, 5) is 26.8. The Morgan fingerprint density at radius 3 is 2.46 bits per heavy atom. The Morgan fingerprint density at radius 2 is 1.85 bits per heavy atom. The van der Waals surface area contributed by atoms with Crippen LogP contribution in [0.4, 0.5) is 0 Å². The molecule has 26 heavy (non-hydrogen) atoms. The van der Waals surface area contributed by atoms with Crippen LogP contribution in [-0.2, 0) is 9.59 Å². The van der Waals surface area contributed by atoms with Crippen LogP contribution in [0.5, 0.6) is 5.75 Å². The number of amides is 2. The molecule has 1 aromatic rings. The van der Waals surface area contributed by atoms with E-state index in [1.165, 1.54) is 0 Å². The zero-order valence-electron chi connectivity index (χ0n) is 16.5. The maximum atomic E-state index is 12.8. The molecule has 1 aromatic carbocycles. The molecule has 1 aliphatic rings. The second-order valence-corrected chi connectivity index (χ2v) is 8.24. The first-order chi connectivity index (χ1) is 12.3. The van der Waals surface area contributed by atoms with Gasteiger partial charge in [-0.25, -0.2) is 0 Å². The van der Waals surface area contributed by atoms with E-state index in [9.17, 15) is 9.59 Å². The molecule has 1 fully saturated rings. The molecule has 1 aliphatic heterocycles. The summed E-state index contributed by atoms with van der Waals surface area (Å²) in [6.07, 6.45) is 4.62. The molecule has 1 N–H and O–H groups in total. The summed E-state index contributed by atoms with van der Waals surface area (Å²) in [5.74, 6) is 0.742. The van der Waals surface area contributed by atoms with Crippen LogP contribution in [0.2, 0.25) is 0 Å². The average molecular weight is 360 g/mol. The van der Waals surface area contributed by atoms with Crippen molar-refractivity contribution < 1.29 is 14.3 Å². The summed E-state index contributed by atoms with van der Waals surface area (Å²) < 4.78 is 5.23. The fraction of sp³-hybridized carbons (Fsp3) is 0.619. The summed E-state index contributed by atoms with van der Waals surface area (Å²) in [5, 5.41) is 2.80. The second-order valence-electron chi connectivity index (χ2n) is 8.24. The second kappa shape index (κ2) is 9.06. The van der Waals surface area contributed by atoms with Crippen molar-refractivity contribution in [3.05, 3.63) is 29.8 Å². The van der Waals surface area contributed by atoms with E-state index in [-0.39, 0.29) is 29.8 Å². The molecule has 0 saturated carbocycles. The van der Waals surface area contributed by atoms with Crippen molar-refractivity contribution in [2.75, 3.05) is 20.2 Å². The lowest BCUT2D eigenvalue weighted by Gasteiger charge is -2.31. The van der Waals surface area contributed by atoms with Crippen molar-refractivity contribution in [3.63, 3.8) is 0 Å². The quantitative estimate of drug-likeness (QED) is 0.871. The van der Waals surface area contributed by atoms with Gasteiger partial charge < -0.3 is 15.0 Å². The van der Waals surface area contributed by atoms with Crippen molar-refractivity contribution in [2.24, 2.45) is 5.41 Å². The van der Waals surface area contributed by atoms with Gasteiger partial charge in [0.15, 0.2) is 0 Å². The third-order valence-electron chi connectivity index (χ3n) is 4.70. The lowest BCUT2D eigenvalue weighted by Crippen LogP contribution is -2.42. The molecule has 1 heterocycles. The first-order valence-electron chi connectivity index (χ1n) is 9.50. The number of methoxy groups -OCH3 is 1. The Kier molecular flexibility index (Phi) is 7.06. The molecule has 144 valence electrons. The maximum Gasteiger partial charge on any atom is 0.242 e. The summed E-state index contributed by atoms with van der Waals surface area (Å²) in [5.41, 5.74) is 1.04. The van der Waals surface area contributed by atoms with Crippen LogP contribution in [-0.4, -0.2) is 36.9 Å². The highest BCUT2D eigenvalue weighted by atomic mass is 16.5. The van der Waals surface area contributed by atoms with E-state index in [4.69, 9.17) is 4.74 Å². The van der Waals surface area contributed by atoms with Crippen molar-refractivity contribution in [3.8, 4) is 5.75 Å². The smallest absolute Gasteiger partial charge is 0.242 e. The van der Waals surface area contributed by atoms with E-state index in [2.05, 4.69) is 5.32 Å². The molecule has 0 radical (unpaired) electrons. The Bertz CT molecular complexity index is 605. The van der Waals surface area contributed by atoms with Crippen LogP contribution in [0.3, 0.4) is 0 Å². The third kappa shape index (κ3) is 6.04. The molecule has 5 heteroatoms. The van der Waals surface area contributed by atoms with Gasteiger partial charge in [0.2, 0.25) is 11.8 Å². The minimum atomic E-state index is -0.0820. The van der Waals surface area contributed by atoms with Crippen LogP contribution in [0, 0.1) is 5.41 Å². The number of hydrogen-bond acceptors (Lipinski definition) is 3. The predicted octanol–water partition coefficient (Wildman–Crippen LogP) is 3.69. The zero-order chi connectivity index (χ0) is 19.2. The molecule has 0 aliphatic carbocycles. The van der Waals surface area contributed by atoms with Crippen molar-refractivity contribution in [2.45, 2.75) is 58.9 Å². The molecular formula is C21H32N2O3. The number of nitrogens with one attached hydrogen (secondary N) is 1. The highest BCUT2D eigenvalue weighted by Crippen LogP contribution is 2.31. The zero-order valence-corrected chi connectivity index (χ0v) is 16.5. The lowest BCUT2D eigenvalue weighted by molar-refractivity contribution is -0.135. The molecule has 0 bridgehead atoms. The van der Waals surface area contributed by atoms with Gasteiger partial charge in [0.1, 0.15) is 5.75 Å². The van der Waals surface area contributed by atoms with E-state index in [0.717, 1.165) is 43.5 Å². The molecule has 0 aromatic heterocycles. The molecular weight excluding hydrogens is 328 g/mol. The highest BCUT2D eigenvalue weighted by molar-refractivity contribution is 5.85. The third-order valence-corrected chi connectivity index (χ3v) is 4.70. The van der Waals surface area contributed by atoms with Crippen LogP contribution in [0.1, 0.15) is 64.5 Å². The summed E-state index contributed by atoms with van der Waals surface area (Å²) >= 11 is 0. The summed E-state index contributed by atoms with van der Waals surface area (Å²) in [7, 11) is 1.65.